The first-order valence-electron chi connectivity index (χ1n) is 10.7. The van der Waals surface area contributed by atoms with E-state index in [1.165, 1.54) is 72.8 Å². The topological polar surface area (TPSA) is 114 Å². The lowest BCUT2D eigenvalue weighted by atomic mass is 10.2. The number of hydrogen-bond acceptors (Lipinski definition) is 9. The molecule has 0 unspecified atom stereocenters. The van der Waals surface area contributed by atoms with Gasteiger partial charge in [0.2, 0.25) is 6.79 Å². The Morgan fingerprint density at radius 3 is 1.47 bits per heavy atom. The summed E-state index contributed by atoms with van der Waals surface area (Å²) in [6.45, 7) is 4.96. The molecule has 0 aliphatic carbocycles. The number of ether oxygens (including phenoxy) is 5. The van der Waals surface area contributed by atoms with E-state index in [1.807, 2.05) is 0 Å². The van der Waals surface area contributed by atoms with Gasteiger partial charge in [-0.05, 0) is 79.7 Å². The third kappa shape index (κ3) is 7.29. The number of esters is 4. The van der Waals surface area contributed by atoms with Crippen LogP contribution >= 0.6 is 0 Å². The van der Waals surface area contributed by atoms with Crippen LogP contribution in [-0.4, -0.2) is 37.3 Å². The molecule has 9 nitrogen and oxygen atoms in total. The Kier molecular flexibility index (Phi) is 8.94. The molecule has 0 N–H and O–H groups in total. The Balaban J connectivity index is 1.52. The molecule has 0 saturated carbocycles. The smallest absolute Gasteiger partial charge is 0.343 e. The maximum Gasteiger partial charge on any atom is 0.343 e. The molecule has 3 rings (SSSR count). The molecule has 0 saturated heterocycles. The van der Waals surface area contributed by atoms with Crippen LogP contribution in [0.25, 0.3) is 0 Å². The highest BCUT2D eigenvalue weighted by atomic mass is 16.7. The van der Waals surface area contributed by atoms with Crippen LogP contribution in [0.15, 0.2) is 85.5 Å². The second-order valence-corrected chi connectivity index (χ2v) is 7.00. The molecule has 3 aromatic carbocycles. The maximum absolute atomic E-state index is 12.4. The lowest BCUT2D eigenvalue weighted by Crippen LogP contribution is -2.11. The highest BCUT2D eigenvalue weighted by Crippen LogP contribution is 2.19. The van der Waals surface area contributed by atoms with Crippen LogP contribution in [0.1, 0.15) is 38.0 Å². The average molecular weight is 490 g/mol. The van der Waals surface area contributed by atoms with E-state index >= 15 is 0 Å². The fourth-order valence-electron chi connectivity index (χ4n) is 2.77. The number of rotatable bonds is 10. The lowest BCUT2D eigenvalue weighted by molar-refractivity contribution is -0.144. The van der Waals surface area contributed by atoms with E-state index < -0.39 is 23.9 Å². The molecule has 0 aliphatic rings. The van der Waals surface area contributed by atoms with Crippen LogP contribution in [-0.2, 0) is 14.3 Å². The minimum Gasteiger partial charge on any atom is -0.462 e. The van der Waals surface area contributed by atoms with Crippen LogP contribution in [0.2, 0.25) is 0 Å². The Morgan fingerprint density at radius 2 is 1.06 bits per heavy atom. The standard InChI is InChI=1S/C27H22O9/c1-3-24(28)34-17-33-21-11-5-19(6-12-21)26(30)36-23-15-9-20(10-16-23)27(31)35-22-13-7-18(8-14-22)25(29)32-4-2/h3,5-16H,1,4,17H2,2H3. The number of hydrogen-bond donors (Lipinski definition) is 0. The second-order valence-electron chi connectivity index (χ2n) is 7.00. The SMILES string of the molecule is C=CC(=O)OCOc1ccc(C(=O)Oc2ccc(C(=O)Oc3ccc(C(=O)OCC)cc3)cc2)cc1. The van der Waals surface area contributed by atoms with E-state index in [4.69, 9.17) is 23.7 Å². The molecule has 0 radical (unpaired) electrons. The van der Waals surface area contributed by atoms with Crippen molar-refractivity contribution >= 4 is 23.9 Å². The van der Waals surface area contributed by atoms with Crippen LogP contribution in [0.5, 0.6) is 17.2 Å². The van der Waals surface area contributed by atoms with E-state index in [1.54, 1.807) is 6.92 Å². The maximum atomic E-state index is 12.4. The molecule has 0 aliphatic heterocycles. The molecule has 0 atom stereocenters. The molecule has 0 aromatic heterocycles. The van der Waals surface area contributed by atoms with Crippen molar-refractivity contribution in [3.8, 4) is 17.2 Å². The summed E-state index contributed by atoms with van der Waals surface area (Å²) in [4.78, 5) is 47.4. The summed E-state index contributed by atoms with van der Waals surface area (Å²) in [6, 6.07) is 17.9. The zero-order chi connectivity index (χ0) is 25.9. The van der Waals surface area contributed by atoms with Crippen molar-refractivity contribution in [2.75, 3.05) is 13.4 Å². The molecule has 184 valence electrons. The first kappa shape index (κ1) is 25.7. The van der Waals surface area contributed by atoms with E-state index in [-0.39, 0.29) is 36.0 Å². The van der Waals surface area contributed by atoms with Gasteiger partial charge in [-0.2, -0.15) is 0 Å². The molecule has 3 aromatic rings. The summed E-state index contributed by atoms with van der Waals surface area (Å²) in [5.41, 5.74) is 0.849. The Bertz CT molecular complexity index is 1230. The summed E-state index contributed by atoms with van der Waals surface area (Å²) in [7, 11) is 0. The third-order valence-corrected chi connectivity index (χ3v) is 4.56. The summed E-state index contributed by atoms with van der Waals surface area (Å²) in [5.74, 6) is -1.43. The first-order valence-corrected chi connectivity index (χ1v) is 10.7. The van der Waals surface area contributed by atoms with Crippen molar-refractivity contribution < 1.29 is 42.9 Å². The fraction of sp³-hybridized carbons (Fsp3) is 0.111. The van der Waals surface area contributed by atoms with Gasteiger partial charge in [0.25, 0.3) is 0 Å². The van der Waals surface area contributed by atoms with E-state index in [2.05, 4.69) is 6.58 Å². The Labute approximate surface area is 206 Å². The van der Waals surface area contributed by atoms with Crippen molar-refractivity contribution in [3.63, 3.8) is 0 Å². The predicted molar refractivity (Wildman–Crippen MR) is 127 cm³/mol. The largest absolute Gasteiger partial charge is 0.462 e. The minimum atomic E-state index is -0.619. The van der Waals surface area contributed by atoms with Crippen LogP contribution in [0.3, 0.4) is 0 Å². The van der Waals surface area contributed by atoms with Crippen LogP contribution in [0, 0.1) is 0 Å². The molecule has 0 amide bonds. The molecule has 0 spiro atoms. The number of carbonyl (C=O) groups is 4. The third-order valence-electron chi connectivity index (χ3n) is 4.56. The zero-order valence-corrected chi connectivity index (χ0v) is 19.3. The van der Waals surface area contributed by atoms with Crippen molar-refractivity contribution in [1.82, 2.24) is 0 Å². The fourth-order valence-corrected chi connectivity index (χ4v) is 2.77. The lowest BCUT2D eigenvalue weighted by Gasteiger charge is -2.08. The Morgan fingerprint density at radius 1 is 0.639 bits per heavy atom. The highest BCUT2D eigenvalue weighted by molar-refractivity contribution is 5.93. The van der Waals surface area contributed by atoms with E-state index in [0.717, 1.165) is 6.08 Å². The summed E-state index contributed by atoms with van der Waals surface area (Å²) >= 11 is 0. The van der Waals surface area contributed by atoms with Gasteiger partial charge in [-0.15, -0.1) is 0 Å². The molecule has 36 heavy (non-hydrogen) atoms. The minimum absolute atomic E-state index is 0.229. The van der Waals surface area contributed by atoms with Gasteiger partial charge < -0.3 is 23.7 Å². The summed E-state index contributed by atoms with van der Waals surface area (Å²) in [5, 5.41) is 0. The molecule has 9 heteroatoms. The molecule has 0 bridgehead atoms. The normalized spacial score (nSPS) is 10.0. The van der Waals surface area contributed by atoms with Crippen molar-refractivity contribution in [3.05, 3.63) is 102 Å². The highest BCUT2D eigenvalue weighted by Gasteiger charge is 2.13. The van der Waals surface area contributed by atoms with Crippen molar-refractivity contribution in [1.29, 1.82) is 0 Å². The van der Waals surface area contributed by atoms with Crippen LogP contribution < -0.4 is 14.2 Å². The quantitative estimate of drug-likeness (QED) is 0.177. The van der Waals surface area contributed by atoms with Gasteiger partial charge >= 0.3 is 23.9 Å². The predicted octanol–water partition coefficient (Wildman–Crippen LogP) is 4.37. The van der Waals surface area contributed by atoms with Crippen molar-refractivity contribution in [2.24, 2.45) is 0 Å². The molecular weight excluding hydrogens is 468 g/mol. The zero-order valence-electron chi connectivity index (χ0n) is 19.3. The number of benzene rings is 3. The van der Waals surface area contributed by atoms with Gasteiger partial charge in [0.1, 0.15) is 17.2 Å². The van der Waals surface area contributed by atoms with Crippen LogP contribution in [0.4, 0.5) is 0 Å². The van der Waals surface area contributed by atoms with Gasteiger partial charge in [0, 0.05) is 6.08 Å². The average Bonchev–Trinajstić information content (AvgIpc) is 2.90. The summed E-state index contributed by atoms with van der Waals surface area (Å²) < 4.78 is 25.5. The van der Waals surface area contributed by atoms with E-state index in [0.29, 0.717) is 11.3 Å². The van der Waals surface area contributed by atoms with Crippen molar-refractivity contribution in [2.45, 2.75) is 6.92 Å². The van der Waals surface area contributed by atoms with Gasteiger partial charge in [-0.1, -0.05) is 6.58 Å². The van der Waals surface area contributed by atoms with Gasteiger partial charge in [-0.25, -0.2) is 19.2 Å². The molecule has 0 heterocycles. The van der Waals surface area contributed by atoms with Gasteiger partial charge in [0.15, 0.2) is 0 Å². The first-order chi connectivity index (χ1) is 17.4. The van der Waals surface area contributed by atoms with Gasteiger partial charge in [0.05, 0.1) is 23.3 Å². The number of carbonyl (C=O) groups excluding carboxylic acids is 4. The second kappa shape index (κ2) is 12.5. The van der Waals surface area contributed by atoms with E-state index in [9.17, 15) is 19.2 Å². The Hall–Kier alpha value is -4.92. The monoisotopic (exact) mass is 490 g/mol. The molecular formula is C27H22O9. The molecule has 0 fully saturated rings. The van der Waals surface area contributed by atoms with Gasteiger partial charge in [-0.3, -0.25) is 0 Å². The summed E-state index contributed by atoms with van der Waals surface area (Å²) in [6.07, 6.45) is 1.02.